The Hall–Kier alpha value is -0.883. The van der Waals surface area contributed by atoms with E-state index in [0.717, 1.165) is 0 Å². The van der Waals surface area contributed by atoms with E-state index in [1.165, 1.54) is 0 Å². The Morgan fingerprint density at radius 2 is 1.54 bits per heavy atom. The highest BCUT2D eigenvalue weighted by molar-refractivity contribution is 5.97. The molecular formula is C7H6F4OSi. The van der Waals surface area contributed by atoms with E-state index in [2.05, 4.69) is 4.43 Å². The molecule has 0 radical (unpaired) electrons. The molecule has 0 unspecified atom stereocenters. The van der Waals surface area contributed by atoms with Crippen LogP contribution in [0, 0.1) is 23.3 Å². The zero-order chi connectivity index (χ0) is 10.0. The molecule has 1 nitrogen and oxygen atoms in total. The number of benzene rings is 1. The SMILES string of the molecule is Fc1cc(F)c(F)c(CO[SiH3])c1F. The largest absolute Gasteiger partial charge is 0.423 e. The molecule has 0 aromatic heterocycles. The summed E-state index contributed by atoms with van der Waals surface area (Å²) in [7, 11) is 0.237. The quantitative estimate of drug-likeness (QED) is 0.402. The second-order valence-electron chi connectivity index (χ2n) is 2.38. The molecule has 1 aromatic carbocycles. The number of hydrogen-bond acceptors (Lipinski definition) is 1. The molecular weight excluding hydrogens is 204 g/mol. The molecule has 0 fully saturated rings. The Balaban J connectivity index is 3.28. The van der Waals surface area contributed by atoms with Crippen molar-refractivity contribution in [3.63, 3.8) is 0 Å². The summed E-state index contributed by atoms with van der Waals surface area (Å²) in [6, 6.07) is 0.168. The van der Waals surface area contributed by atoms with Crippen molar-refractivity contribution in [2.75, 3.05) is 0 Å². The first-order valence-corrected chi connectivity index (χ1v) is 4.20. The first-order valence-electron chi connectivity index (χ1n) is 3.38. The first kappa shape index (κ1) is 10.2. The highest BCUT2D eigenvalue weighted by atomic mass is 28.2. The van der Waals surface area contributed by atoms with Gasteiger partial charge < -0.3 is 4.43 Å². The van der Waals surface area contributed by atoms with E-state index in [9.17, 15) is 17.6 Å². The smallest absolute Gasteiger partial charge is 0.167 e. The van der Waals surface area contributed by atoms with Crippen LogP contribution >= 0.6 is 0 Å². The predicted molar refractivity (Wildman–Crippen MR) is 41.0 cm³/mol. The zero-order valence-corrected chi connectivity index (χ0v) is 8.70. The first-order chi connectivity index (χ1) is 6.07. The summed E-state index contributed by atoms with van der Waals surface area (Å²) in [5, 5.41) is 0. The van der Waals surface area contributed by atoms with E-state index in [1.807, 2.05) is 0 Å². The minimum absolute atomic E-state index is 0.168. The van der Waals surface area contributed by atoms with Crippen LogP contribution in [0.5, 0.6) is 0 Å². The minimum atomic E-state index is -1.41. The summed E-state index contributed by atoms with van der Waals surface area (Å²) in [4.78, 5) is 0. The summed E-state index contributed by atoms with van der Waals surface area (Å²) in [6.07, 6.45) is 0. The van der Waals surface area contributed by atoms with E-state index >= 15 is 0 Å². The van der Waals surface area contributed by atoms with Crippen molar-refractivity contribution in [2.24, 2.45) is 0 Å². The lowest BCUT2D eigenvalue weighted by atomic mass is 10.2. The normalized spacial score (nSPS) is 10.8. The molecule has 0 saturated carbocycles. The Labute approximate surface area is 74.9 Å². The third kappa shape index (κ3) is 1.89. The fourth-order valence-corrected chi connectivity index (χ4v) is 1.18. The molecule has 0 N–H and O–H groups in total. The van der Waals surface area contributed by atoms with Gasteiger partial charge in [0.2, 0.25) is 0 Å². The molecule has 0 amide bonds. The van der Waals surface area contributed by atoms with Crippen LogP contribution in [0.1, 0.15) is 5.56 Å². The van der Waals surface area contributed by atoms with Crippen LogP contribution < -0.4 is 0 Å². The standard InChI is InChI=1S/C7H6F4OSi/c8-4-1-5(9)7(11)3(2-12-13)6(4)10/h1H,2H2,13H3. The highest BCUT2D eigenvalue weighted by Gasteiger charge is 2.18. The molecule has 0 spiro atoms. The Bertz CT molecular complexity index is 303. The van der Waals surface area contributed by atoms with Crippen LogP contribution in [-0.4, -0.2) is 10.5 Å². The van der Waals surface area contributed by atoms with Crippen LogP contribution in [0.2, 0.25) is 0 Å². The van der Waals surface area contributed by atoms with Gasteiger partial charge in [-0.25, -0.2) is 17.6 Å². The van der Waals surface area contributed by atoms with Gasteiger partial charge in [-0.2, -0.15) is 0 Å². The van der Waals surface area contributed by atoms with Gasteiger partial charge in [-0.3, -0.25) is 0 Å². The molecule has 0 atom stereocenters. The maximum atomic E-state index is 12.8. The summed E-state index contributed by atoms with van der Waals surface area (Å²) in [5.74, 6) is -5.61. The molecule has 6 heteroatoms. The maximum Gasteiger partial charge on any atom is 0.167 e. The predicted octanol–water partition coefficient (Wildman–Crippen LogP) is 1.04. The summed E-state index contributed by atoms with van der Waals surface area (Å²) < 4.78 is 55.1. The van der Waals surface area contributed by atoms with Crippen molar-refractivity contribution in [2.45, 2.75) is 6.61 Å². The van der Waals surface area contributed by atoms with E-state index < -0.39 is 35.4 Å². The van der Waals surface area contributed by atoms with Crippen LogP contribution in [0.4, 0.5) is 17.6 Å². The second-order valence-corrected chi connectivity index (χ2v) is 2.96. The van der Waals surface area contributed by atoms with Crippen molar-refractivity contribution in [1.29, 1.82) is 0 Å². The molecule has 0 aliphatic rings. The Morgan fingerprint density at radius 1 is 1.08 bits per heavy atom. The summed E-state index contributed by atoms with van der Waals surface area (Å²) in [6.45, 7) is -0.446. The molecule has 0 saturated heterocycles. The Morgan fingerprint density at radius 3 is 1.92 bits per heavy atom. The van der Waals surface area contributed by atoms with E-state index in [-0.39, 0.29) is 16.6 Å². The van der Waals surface area contributed by atoms with E-state index in [0.29, 0.717) is 0 Å². The lowest BCUT2D eigenvalue weighted by Gasteiger charge is -2.05. The van der Waals surface area contributed by atoms with Crippen LogP contribution in [0.15, 0.2) is 6.07 Å². The van der Waals surface area contributed by atoms with Gasteiger partial charge in [-0.05, 0) is 0 Å². The van der Waals surface area contributed by atoms with Gasteiger partial charge in [0.15, 0.2) is 23.3 Å². The van der Waals surface area contributed by atoms with E-state index in [4.69, 9.17) is 0 Å². The fraction of sp³-hybridized carbons (Fsp3) is 0.143. The average Bonchev–Trinajstić information content (AvgIpc) is 2.09. The van der Waals surface area contributed by atoms with Crippen molar-refractivity contribution >= 4 is 10.5 Å². The Kier molecular flexibility index (Phi) is 3.05. The number of halogens is 4. The van der Waals surface area contributed by atoms with Crippen LogP contribution in [-0.2, 0) is 11.0 Å². The van der Waals surface area contributed by atoms with Gasteiger partial charge in [-0.15, -0.1) is 0 Å². The van der Waals surface area contributed by atoms with Gasteiger partial charge in [0.1, 0.15) is 10.5 Å². The summed E-state index contributed by atoms with van der Waals surface area (Å²) in [5.41, 5.74) is -0.701. The lowest BCUT2D eigenvalue weighted by molar-refractivity contribution is 0.310. The third-order valence-electron chi connectivity index (χ3n) is 1.49. The van der Waals surface area contributed by atoms with Crippen LogP contribution in [0.3, 0.4) is 0 Å². The molecule has 0 heterocycles. The summed E-state index contributed by atoms with van der Waals surface area (Å²) >= 11 is 0. The zero-order valence-electron chi connectivity index (χ0n) is 6.70. The molecule has 72 valence electrons. The van der Waals surface area contributed by atoms with E-state index in [1.54, 1.807) is 0 Å². The average molecular weight is 210 g/mol. The minimum Gasteiger partial charge on any atom is -0.423 e. The molecule has 0 aliphatic carbocycles. The lowest BCUT2D eigenvalue weighted by Crippen LogP contribution is -2.03. The van der Waals surface area contributed by atoms with Gasteiger partial charge in [0.25, 0.3) is 0 Å². The molecule has 1 rings (SSSR count). The number of hydrogen-bond donors (Lipinski definition) is 0. The van der Waals surface area contributed by atoms with Crippen LogP contribution in [0.25, 0.3) is 0 Å². The van der Waals surface area contributed by atoms with Crippen molar-refractivity contribution in [3.05, 3.63) is 34.9 Å². The fourth-order valence-electron chi connectivity index (χ4n) is 0.894. The van der Waals surface area contributed by atoms with Gasteiger partial charge in [-0.1, -0.05) is 0 Å². The molecule has 0 bridgehead atoms. The van der Waals surface area contributed by atoms with Gasteiger partial charge >= 0.3 is 0 Å². The monoisotopic (exact) mass is 210 g/mol. The third-order valence-corrected chi connectivity index (χ3v) is 1.78. The highest BCUT2D eigenvalue weighted by Crippen LogP contribution is 2.19. The molecule has 1 aromatic rings. The van der Waals surface area contributed by atoms with Crippen molar-refractivity contribution < 1.29 is 22.0 Å². The van der Waals surface area contributed by atoms with Crippen molar-refractivity contribution in [3.8, 4) is 0 Å². The topological polar surface area (TPSA) is 9.23 Å². The molecule has 13 heavy (non-hydrogen) atoms. The second kappa shape index (κ2) is 3.88. The van der Waals surface area contributed by atoms with Crippen molar-refractivity contribution in [1.82, 2.24) is 0 Å². The molecule has 0 aliphatic heterocycles. The van der Waals surface area contributed by atoms with Gasteiger partial charge in [0.05, 0.1) is 12.2 Å². The maximum absolute atomic E-state index is 12.8. The number of rotatable bonds is 2. The van der Waals surface area contributed by atoms with Gasteiger partial charge in [0, 0.05) is 6.07 Å².